The predicted molar refractivity (Wildman–Crippen MR) is 100 cm³/mol. The highest BCUT2D eigenvalue weighted by Crippen LogP contribution is 2.35. The van der Waals surface area contributed by atoms with Crippen LogP contribution >= 0.6 is 11.3 Å². The number of hydrogen-bond acceptors (Lipinski definition) is 4. The van der Waals surface area contributed by atoms with Crippen LogP contribution in [0.4, 0.5) is 14.5 Å². The van der Waals surface area contributed by atoms with Crippen molar-refractivity contribution in [3.8, 4) is 10.6 Å². The van der Waals surface area contributed by atoms with Crippen molar-refractivity contribution < 1.29 is 17.2 Å². The summed E-state index contributed by atoms with van der Waals surface area (Å²) in [5.74, 6) is -2.15. The van der Waals surface area contributed by atoms with Crippen LogP contribution in [0.3, 0.4) is 0 Å². The van der Waals surface area contributed by atoms with Crippen LogP contribution in [-0.4, -0.2) is 18.2 Å². The summed E-state index contributed by atoms with van der Waals surface area (Å²) in [6.07, 6.45) is 5.64. The molecule has 4 rings (SSSR count). The highest BCUT2D eigenvalue weighted by atomic mass is 32.2. The van der Waals surface area contributed by atoms with Crippen molar-refractivity contribution >= 4 is 27.0 Å². The van der Waals surface area contributed by atoms with Gasteiger partial charge in [-0.1, -0.05) is 18.9 Å². The number of aromatic nitrogens is 2. The van der Waals surface area contributed by atoms with E-state index in [-0.39, 0.29) is 16.6 Å². The van der Waals surface area contributed by atoms with Gasteiger partial charge in [0.2, 0.25) is 0 Å². The number of nitrogens with one attached hydrogen (secondary N) is 1. The van der Waals surface area contributed by atoms with Gasteiger partial charge in [0, 0.05) is 12.3 Å². The molecule has 2 aromatic heterocycles. The van der Waals surface area contributed by atoms with E-state index in [1.165, 1.54) is 23.6 Å². The molecule has 1 N–H and O–H groups in total. The highest BCUT2D eigenvalue weighted by molar-refractivity contribution is 7.92. The Balaban J connectivity index is 1.75. The lowest BCUT2D eigenvalue weighted by Gasteiger charge is -2.09. The SMILES string of the molecule is O=S(=O)(Nc1ccc(F)c(F)c1)c1cn(C2CCCC2)nc1-c1cccs1. The zero-order valence-corrected chi connectivity index (χ0v) is 15.9. The third-order valence-corrected chi connectivity index (χ3v) is 6.87. The van der Waals surface area contributed by atoms with Crippen LogP contribution in [-0.2, 0) is 10.0 Å². The molecule has 0 atom stereocenters. The molecule has 1 fully saturated rings. The Hall–Kier alpha value is -2.26. The standard InChI is InChI=1S/C18H17F2N3O2S2/c19-14-8-7-12(10-15(14)20)22-27(24,25)17-11-23(13-4-1-2-5-13)21-18(17)16-6-3-9-26-16/h3,6-11,13,22H,1-2,4-5H2. The van der Waals surface area contributed by atoms with Gasteiger partial charge in [0.05, 0.1) is 16.6 Å². The Kier molecular flexibility index (Phi) is 4.73. The predicted octanol–water partition coefficient (Wildman–Crippen LogP) is 4.81. The molecule has 0 saturated heterocycles. The van der Waals surface area contributed by atoms with Gasteiger partial charge in [-0.05, 0) is 36.4 Å². The zero-order chi connectivity index (χ0) is 19.0. The minimum absolute atomic E-state index is 0.0292. The second-order valence-corrected chi connectivity index (χ2v) is 9.07. The van der Waals surface area contributed by atoms with E-state index >= 15 is 0 Å². The van der Waals surface area contributed by atoms with Gasteiger partial charge in [-0.2, -0.15) is 5.10 Å². The van der Waals surface area contributed by atoms with E-state index in [9.17, 15) is 17.2 Å². The van der Waals surface area contributed by atoms with Crippen molar-refractivity contribution in [1.29, 1.82) is 0 Å². The number of halogens is 2. The quantitative estimate of drug-likeness (QED) is 0.658. The van der Waals surface area contributed by atoms with Gasteiger partial charge in [-0.25, -0.2) is 17.2 Å². The Bertz CT molecular complexity index is 1060. The third-order valence-electron chi connectivity index (χ3n) is 4.61. The maximum absolute atomic E-state index is 13.4. The highest BCUT2D eigenvalue weighted by Gasteiger charge is 2.27. The number of nitrogens with zero attached hydrogens (tertiary/aromatic N) is 2. The van der Waals surface area contributed by atoms with Crippen molar-refractivity contribution in [3.05, 3.63) is 53.5 Å². The monoisotopic (exact) mass is 409 g/mol. The molecule has 0 aliphatic heterocycles. The van der Waals surface area contributed by atoms with E-state index in [1.807, 2.05) is 17.5 Å². The van der Waals surface area contributed by atoms with Crippen LogP contribution in [0.15, 0.2) is 46.8 Å². The average molecular weight is 409 g/mol. The van der Waals surface area contributed by atoms with Crippen molar-refractivity contribution in [2.45, 2.75) is 36.6 Å². The number of hydrogen-bond donors (Lipinski definition) is 1. The maximum atomic E-state index is 13.4. The average Bonchev–Trinajstić information content (AvgIpc) is 3.38. The summed E-state index contributed by atoms with van der Waals surface area (Å²) < 4.78 is 56.5. The molecule has 1 aliphatic carbocycles. The largest absolute Gasteiger partial charge is 0.279 e. The lowest BCUT2D eigenvalue weighted by atomic mass is 10.3. The molecule has 27 heavy (non-hydrogen) atoms. The minimum Gasteiger partial charge on any atom is -0.279 e. The molecular weight excluding hydrogens is 392 g/mol. The number of rotatable bonds is 5. The summed E-state index contributed by atoms with van der Waals surface area (Å²) in [5, 5.41) is 6.40. The van der Waals surface area contributed by atoms with Crippen molar-refractivity contribution in [3.63, 3.8) is 0 Å². The van der Waals surface area contributed by atoms with Gasteiger partial charge in [0.25, 0.3) is 10.0 Å². The Morgan fingerprint density at radius 1 is 1.15 bits per heavy atom. The Morgan fingerprint density at radius 2 is 1.93 bits per heavy atom. The molecule has 0 unspecified atom stereocenters. The summed E-state index contributed by atoms with van der Waals surface area (Å²) in [4.78, 5) is 0.763. The molecule has 0 amide bonds. The summed E-state index contributed by atoms with van der Waals surface area (Å²) in [5.41, 5.74) is 0.326. The van der Waals surface area contributed by atoms with Crippen molar-refractivity contribution in [1.82, 2.24) is 9.78 Å². The van der Waals surface area contributed by atoms with E-state index < -0.39 is 21.7 Å². The van der Waals surface area contributed by atoms with Gasteiger partial charge in [0.1, 0.15) is 10.6 Å². The van der Waals surface area contributed by atoms with E-state index in [1.54, 1.807) is 4.68 Å². The zero-order valence-electron chi connectivity index (χ0n) is 14.2. The first-order chi connectivity index (χ1) is 12.9. The van der Waals surface area contributed by atoms with Gasteiger partial charge >= 0.3 is 0 Å². The summed E-state index contributed by atoms with van der Waals surface area (Å²) in [6, 6.07) is 6.70. The molecule has 3 aromatic rings. The molecule has 1 aromatic carbocycles. The second-order valence-electron chi connectivity index (χ2n) is 6.47. The van der Waals surface area contributed by atoms with Crippen LogP contribution in [0.1, 0.15) is 31.7 Å². The fourth-order valence-electron chi connectivity index (χ4n) is 3.28. The molecule has 5 nitrogen and oxygen atoms in total. The molecule has 1 aliphatic rings. The molecule has 0 radical (unpaired) electrons. The summed E-state index contributed by atoms with van der Waals surface area (Å²) >= 11 is 1.40. The first kappa shape index (κ1) is 18.1. The van der Waals surface area contributed by atoms with E-state index in [0.717, 1.165) is 42.7 Å². The van der Waals surface area contributed by atoms with Gasteiger partial charge in [-0.3, -0.25) is 9.40 Å². The fraction of sp³-hybridized carbons (Fsp3) is 0.278. The van der Waals surface area contributed by atoms with Crippen LogP contribution in [0.5, 0.6) is 0 Å². The lowest BCUT2D eigenvalue weighted by Crippen LogP contribution is -2.13. The van der Waals surface area contributed by atoms with Crippen molar-refractivity contribution in [2.75, 3.05) is 4.72 Å². The Morgan fingerprint density at radius 3 is 2.59 bits per heavy atom. The fourth-order valence-corrected chi connectivity index (χ4v) is 5.27. The van der Waals surface area contributed by atoms with E-state index in [2.05, 4.69) is 9.82 Å². The van der Waals surface area contributed by atoms with Gasteiger partial charge in [0.15, 0.2) is 11.6 Å². The van der Waals surface area contributed by atoms with Crippen LogP contribution < -0.4 is 4.72 Å². The molecule has 0 spiro atoms. The number of sulfonamides is 1. The number of thiophene rings is 1. The smallest absolute Gasteiger partial charge is 0.265 e. The number of anilines is 1. The summed E-state index contributed by atoms with van der Waals surface area (Å²) in [7, 11) is -4.02. The molecule has 1 saturated carbocycles. The minimum atomic E-state index is -4.02. The topological polar surface area (TPSA) is 64.0 Å². The number of benzene rings is 1. The molecule has 0 bridgehead atoms. The normalized spacial score (nSPS) is 15.3. The maximum Gasteiger partial charge on any atom is 0.265 e. The second kappa shape index (κ2) is 7.05. The van der Waals surface area contributed by atoms with Gasteiger partial charge < -0.3 is 0 Å². The lowest BCUT2D eigenvalue weighted by molar-refractivity contribution is 0.467. The van der Waals surface area contributed by atoms with E-state index in [0.29, 0.717) is 5.69 Å². The first-order valence-corrected chi connectivity index (χ1v) is 10.9. The van der Waals surface area contributed by atoms with E-state index in [4.69, 9.17) is 0 Å². The molecular formula is C18H17F2N3O2S2. The third kappa shape index (κ3) is 3.61. The molecule has 2 heterocycles. The van der Waals surface area contributed by atoms with Gasteiger partial charge in [-0.15, -0.1) is 11.3 Å². The van der Waals surface area contributed by atoms with Crippen molar-refractivity contribution in [2.24, 2.45) is 0 Å². The first-order valence-electron chi connectivity index (χ1n) is 8.55. The summed E-state index contributed by atoms with van der Waals surface area (Å²) in [6.45, 7) is 0. The molecule has 9 heteroatoms. The van der Waals surface area contributed by atoms with Crippen LogP contribution in [0, 0.1) is 11.6 Å². The van der Waals surface area contributed by atoms with Crippen LogP contribution in [0.2, 0.25) is 0 Å². The Labute approximate surface area is 159 Å². The molecule has 142 valence electrons. The van der Waals surface area contributed by atoms with Crippen LogP contribution in [0.25, 0.3) is 10.6 Å².